The second-order valence-corrected chi connectivity index (χ2v) is 8.78. The third-order valence-electron chi connectivity index (χ3n) is 5.09. The number of nitrogens with zero attached hydrogens (tertiary/aromatic N) is 1. The van der Waals surface area contributed by atoms with Crippen LogP contribution in [0.25, 0.3) is 10.8 Å². The zero-order chi connectivity index (χ0) is 20.1. The van der Waals surface area contributed by atoms with E-state index in [0.717, 1.165) is 19.5 Å². The molecule has 150 valence electrons. The van der Waals surface area contributed by atoms with E-state index in [0.29, 0.717) is 13.1 Å². The maximum atomic E-state index is 12.5. The summed E-state index contributed by atoms with van der Waals surface area (Å²) in [6.07, 6.45) is 0.979. The molecule has 28 heavy (non-hydrogen) atoms. The zero-order valence-electron chi connectivity index (χ0n) is 17.1. The van der Waals surface area contributed by atoms with E-state index in [2.05, 4.69) is 66.6 Å². The smallest absolute Gasteiger partial charge is 0.237 e. The number of carbonyl (C=O) groups is 2. The molecule has 0 radical (unpaired) electrons. The summed E-state index contributed by atoms with van der Waals surface area (Å²) in [4.78, 5) is 27.0. The largest absolute Gasteiger partial charge is 0.356 e. The zero-order valence-corrected chi connectivity index (χ0v) is 17.1. The van der Waals surface area contributed by atoms with Crippen LogP contribution in [-0.4, -0.2) is 48.9 Å². The summed E-state index contributed by atoms with van der Waals surface area (Å²) in [5.41, 5.74) is 1.31. The number of amides is 2. The minimum atomic E-state index is -0.384. The fourth-order valence-corrected chi connectivity index (χ4v) is 3.88. The molecule has 5 heteroatoms. The Morgan fingerprint density at radius 3 is 2.71 bits per heavy atom. The summed E-state index contributed by atoms with van der Waals surface area (Å²) in [6.45, 7) is 9.27. The normalized spacial score (nSPS) is 18.1. The molecule has 0 bridgehead atoms. The van der Waals surface area contributed by atoms with Crippen LogP contribution in [0.5, 0.6) is 0 Å². The third kappa shape index (κ3) is 5.32. The van der Waals surface area contributed by atoms with Gasteiger partial charge in [-0.25, -0.2) is 0 Å². The van der Waals surface area contributed by atoms with Gasteiger partial charge in [0, 0.05) is 26.2 Å². The van der Waals surface area contributed by atoms with Gasteiger partial charge in [0.05, 0.1) is 12.5 Å². The number of nitrogens with one attached hydrogen (secondary N) is 2. The Balaban J connectivity index is 1.56. The lowest BCUT2D eigenvalue weighted by Gasteiger charge is -2.38. The number of carbonyl (C=O) groups excluding carboxylic acids is 2. The van der Waals surface area contributed by atoms with E-state index in [1.165, 1.54) is 16.3 Å². The molecule has 2 amide bonds. The lowest BCUT2D eigenvalue weighted by molar-refractivity contribution is -0.134. The molecule has 1 aliphatic heterocycles. The fraction of sp³-hybridized carbons (Fsp3) is 0.478. The van der Waals surface area contributed by atoms with Crippen molar-refractivity contribution in [3.63, 3.8) is 0 Å². The Morgan fingerprint density at radius 1 is 1.18 bits per heavy atom. The van der Waals surface area contributed by atoms with Gasteiger partial charge in [-0.3, -0.25) is 14.5 Å². The van der Waals surface area contributed by atoms with Gasteiger partial charge < -0.3 is 10.6 Å². The molecule has 1 unspecified atom stereocenters. The Hall–Kier alpha value is -2.40. The molecule has 2 aromatic carbocycles. The molecule has 1 fully saturated rings. The molecule has 2 N–H and O–H groups in total. The average Bonchev–Trinajstić information content (AvgIpc) is 2.64. The third-order valence-corrected chi connectivity index (χ3v) is 5.09. The minimum Gasteiger partial charge on any atom is -0.356 e. The van der Waals surface area contributed by atoms with Crippen LogP contribution in [0.15, 0.2) is 42.5 Å². The summed E-state index contributed by atoms with van der Waals surface area (Å²) in [5, 5.41) is 8.33. The second-order valence-electron chi connectivity index (χ2n) is 8.78. The van der Waals surface area contributed by atoms with Crippen molar-refractivity contribution in [1.82, 2.24) is 15.5 Å². The number of rotatable bonds is 6. The van der Waals surface area contributed by atoms with Crippen LogP contribution >= 0.6 is 0 Å². The van der Waals surface area contributed by atoms with Crippen molar-refractivity contribution in [1.29, 1.82) is 0 Å². The quantitative estimate of drug-likeness (QED) is 0.809. The monoisotopic (exact) mass is 381 g/mol. The van der Waals surface area contributed by atoms with Crippen LogP contribution in [0, 0.1) is 5.41 Å². The van der Waals surface area contributed by atoms with Crippen LogP contribution in [0.3, 0.4) is 0 Å². The van der Waals surface area contributed by atoms with Crippen LogP contribution in [0.1, 0.15) is 32.8 Å². The summed E-state index contributed by atoms with van der Waals surface area (Å²) >= 11 is 0. The molecule has 0 spiro atoms. The molecule has 1 heterocycles. The van der Waals surface area contributed by atoms with Crippen LogP contribution in [-0.2, 0) is 16.0 Å². The van der Waals surface area contributed by atoms with Gasteiger partial charge in [-0.05, 0) is 28.2 Å². The van der Waals surface area contributed by atoms with Crippen molar-refractivity contribution in [2.24, 2.45) is 5.41 Å². The Kier molecular flexibility index (Phi) is 6.35. The maximum absolute atomic E-state index is 12.5. The highest BCUT2D eigenvalue weighted by molar-refractivity contribution is 5.89. The molecule has 5 nitrogen and oxygen atoms in total. The topological polar surface area (TPSA) is 61.4 Å². The van der Waals surface area contributed by atoms with Crippen LogP contribution in [0.4, 0.5) is 0 Å². The number of benzene rings is 2. The summed E-state index contributed by atoms with van der Waals surface area (Å²) in [6, 6.07) is 14.2. The predicted octanol–water partition coefficient (Wildman–Crippen LogP) is 2.74. The molecular formula is C23H31N3O2. The van der Waals surface area contributed by atoms with Gasteiger partial charge in [-0.15, -0.1) is 0 Å². The van der Waals surface area contributed by atoms with E-state index < -0.39 is 0 Å². The molecule has 1 saturated heterocycles. The van der Waals surface area contributed by atoms with Gasteiger partial charge in [0.2, 0.25) is 11.8 Å². The molecule has 0 saturated carbocycles. The van der Waals surface area contributed by atoms with Crippen molar-refractivity contribution >= 4 is 22.6 Å². The first kappa shape index (κ1) is 20.3. The molecule has 0 aliphatic carbocycles. The molecule has 1 aliphatic rings. The van der Waals surface area contributed by atoms with E-state index in [4.69, 9.17) is 0 Å². The number of hydrogen-bond acceptors (Lipinski definition) is 3. The van der Waals surface area contributed by atoms with Crippen molar-refractivity contribution in [2.45, 2.75) is 39.7 Å². The molecule has 1 atom stereocenters. The van der Waals surface area contributed by atoms with E-state index in [1.54, 1.807) is 0 Å². The van der Waals surface area contributed by atoms with Gasteiger partial charge in [-0.2, -0.15) is 0 Å². The van der Waals surface area contributed by atoms with Crippen LogP contribution in [0.2, 0.25) is 0 Å². The molecule has 2 aromatic rings. The van der Waals surface area contributed by atoms with E-state index in [1.807, 2.05) is 12.1 Å². The average molecular weight is 382 g/mol. The van der Waals surface area contributed by atoms with E-state index >= 15 is 0 Å². The van der Waals surface area contributed by atoms with E-state index in [9.17, 15) is 9.59 Å². The van der Waals surface area contributed by atoms with Gasteiger partial charge in [-0.1, -0.05) is 63.2 Å². The van der Waals surface area contributed by atoms with Gasteiger partial charge in [0.25, 0.3) is 0 Å². The molecular weight excluding hydrogens is 350 g/mol. The predicted molar refractivity (Wildman–Crippen MR) is 113 cm³/mol. The Labute approximate surface area is 167 Å². The number of fused-ring (bicyclic) bond motifs is 1. The number of hydrogen-bond donors (Lipinski definition) is 2. The van der Waals surface area contributed by atoms with Crippen molar-refractivity contribution in [2.75, 3.05) is 26.2 Å². The SMILES string of the molecule is CC(C)(C)CN1CCNC(=O)C1CC(=O)NCCc1cccc2ccccc12. The van der Waals surface area contributed by atoms with E-state index in [-0.39, 0.29) is 29.7 Å². The number of piperazine rings is 1. The Morgan fingerprint density at radius 2 is 1.93 bits per heavy atom. The summed E-state index contributed by atoms with van der Waals surface area (Å²) in [5.74, 6) is -0.110. The molecule has 0 aromatic heterocycles. The molecule has 3 rings (SSSR count). The highest BCUT2D eigenvalue weighted by Crippen LogP contribution is 2.20. The lowest BCUT2D eigenvalue weighted by atomic mass is 9.94. The second kappa shape index (κ2) is 8.74. The highest BCUT2D eigenvalue weighted by atomic mass is 16.2. The first-order chi connectivity index (χ1) is 13.3. The first-order valence-electron chi connectivity index (χ1n) is 10.1. The van der Waals surface area contributed by atoms with Gasteiger partial charge >= 0.3 is 0 Å². The van der Waals surface area contributed by atoms with Crippen molar-refractivity contribution in [3.05, 3.63) is 48.0 Å². The summed E-state index contributed by atoms with van der Waals surface area (Å²) in [7, 11) is 0. The summed E-state index contributed by atoms with van der Waals surface area (Å²) < 4.78 is 0. The van der Waals surface area contributed by atoms with Crippen molar-refractivity contribution in [3.8, 4) is 0 Å². The van der Waals surface area contributed by atoms with Gasteiger partial charge in [0.15, 0.2) is 0 Å². The maximum Gasteiger partial charge on any atom is 0.237 e. The Bertz CT molecular complexity index is 836. The van der Waals surface area contributed by atoms with Gasteiger partial charge in [0.1, 0.15) is 0 Å². The first-order valence-corrected chi connectivity index (χ1v) is 10.1. The lowest BCUT2D eigenvalue weighted by Crippen LogP contribution is -2.58. The minimum absolute atomic E-state index is 0.0419. The highest BCUT2D eigenvalue weighted by Gasteiger charge is 2.33. The van der Waals surface area contributed by atoms with Crippen LogP contribution < -0.4 is 10.6 Å². The fourth-order valence-electron chi connectivity index (χ4n) is 3.88. The standard InChI is InChI=1S/C23H31N3O2/c1-23(2,3)16-26-14-13-25-22(28)20(26)15-21(27)24-12-11-18-9-6-8-17-7-4-5-10-19(17)18/h4-10,20H,11-16H2,1-3H3,(H,24,27)(H,25,28). The van der Waals surface area contributed by atoms with Crippen molar-refractivity contribution < 1.29 is 9.59 Å².